The Labute approximate surface area is 195 Å². The van der Waals surface area contributed by atoms with Crippen LogP contribution in [0.4, 0.5) is 0 Å². The Morgan fingerprint density at radius 3 is 2.44 bits per heavy atom. The second-order valence-electron chi connectivity index (χ2n) is 12.5. The summed E-state index contributed by atoms with van der Waals surface area (Å²) in [4.78, 5) is 0. The highest BCUT2D eigenvalue weighted by Gasteiger charge is 2.45. The van der Waals surface area contributed by atoms with Gasteiger partial charge < -0.3 is 10.9 Å². The van der Waals surface area contributed by atoms with E-state index in [0.717, 1.165) is 24.7 Å². The van der Waals surface area contributed by atoms with E-state index in [1.807, 2.05) is 0 Å². The summed E-state index contributed by atoms with van der Waals surface area (Å²) in [6, 6.07) is 4.61. The standard InChI is InChI=1S/C29H44N2O/c1-19-12-13-29(3)23(10-11-27(29)31-30)9-5-8-22-15-26(32)25(16-24(19)22)28(2)17-20-6-4-7-21(14-20)18-28/h15-16,19-21,23,32H,4-14,17-18,30H2,1-3H3/b31-27+/t19?,20?,21?,23?,28?,29-/m0/s1. The van der Waals surface area contributed by atoms with Crippen LogP contribution in [0.15, 0.2) is 17.2 Å². The smallest absolute Gasteiger partial charge is 0.119 e. The van der Waals surface area contributed by atoms with Crippen LogP contribution in [0.25, 0.3) is 0 Å². The van der Waals surface area contributed by atoms with Crippen molar-refractivity contribution in [3.05, 3.63) is 28.8 Å². The van der Waals surface area contributed by atoms with Crippen LogP contribution in [0.1, 0.15) is 120 Å². The predicted octanol–water partition coefficient (Wildman–Crippen LogP) is 7.20. The van der Waals surface area contributed by atoms with Crippen molar-refractivity contribution in [1.82, 2.24) is 0 Å². The molecule has 3 N–H and O–H groups in total. The molecule has 3 fully saturated rings. The summed E-state index contributed by atoms with van der Waals surface area (Å²) in [5.41, 5.74) is 5.69. The largest absolute Gasteiger partial charge is 0.508 e. The summed E-state index contributed by atoms with van der Waals surface area (Å²) >= 11 is 0. The molecule has 0 amide bonds. The third-order valence-electron chi connectivity index (χ3n) is 10.3. The number of rotatable bonds is 1. The maximum Gasteiger partial charge on any atom is 0.119 e. The molecule has 32 heavy (non-hydrogen) atoms. The van der Waals surface area contributed by atoms with Gasteiger partial charge in [0.15, 0.2) is 0 Å². The van der Waals surface area contributed by atoms with E-state index in [1.54, 1.807) is 0 Å². The molecule has 0 aromatic heterocycles. The first kappa shape index (κ1) is 22.3. The van der Waals surface area contributed by atoms with E-state index in [9.17, 15) is 5.11 Å². The van der Waals surface area contributed by atoms with Gasteiger partial charge in [-0.3, -0.25) is 0 Å². The van der Waals surface area contributed by atoms with Crippen molar-refractivity contribution >= 4 is 5.71 Å². The van der Waals surface area contributed by atoms with Crippen LogP contribution in [0, 0.1) is 23.2 Å². The van der Waals surface area contributed by atoms with Gasteiger partial charge in [-0.15, -0.1) is 0 Å². The Morgan fingerprint density at radius 2 is 1.72 bits per heavy atom. The molecule has 2 bridgehead atoms. The molecule has 5 rings (SSSR count). The van der Waals surface area contributed by atoms with Crippen molar-refractivity contribution < 1.29 is 5.11 Å². The highest BCUT2D eigenvalue weighted by atomic mass is 16.3. The first-order valence-corrected chi connectivity index (χ1v) is 13.5. The molecule has 0 heterocycles. The minimum atomic E-state index is 0.129. The number of fused-ring (bicyclic) bond motifs is 4. The van der Waals surface area contributed by atoms with Gasteiger partial charge in [-0.2, -0.15) is 5.10 Å². The Bertz CT molecular complexity index is 877. The molecule has 3 nitrogen and oxygen atoms in total. The van der Waals surface area contributed by atoms with Crippen LogP contribution in [0.3, 0.4) is 0 Å². The maximum absolute atomic E-state index is 11.2. The van der Waals surface area contributed by atoms with Crippen molar-refractivity contribution in [1.29, 1.82) is 0 Å². The molecule has 1 aromatic rings. The fraction of sp³-hybridized carbons (Fsp3) is 0.759. The summed E-state index contributed by atoms with van der Waals surface area (Å²) in [5.74, 6) is 9.31. The topological polar surface area (TPSA) is 58.6 Å². The lowest BCUT2D eigenvalue weighted by molar-refractivity contribution is 0.118. The number of benzene rings is 1. The van der Waals surface area contributed by atoms with Gasteiger partial charge in [0.1, 0.15) is 5.75 Å². The highest BCUT2D eigenvalue weighted by Crippen LogP contribution is 2.53. The van der Waals surface area contributed by atoms with Crippen molar-refractivity contribution in [2.45, 2.75) is 116 Å². The average molecular weight is 437 g/mol. The van der Waals surface area contributed by atoms with E-state index in [2.05, 4.69) is 38.0 Å². The molecule has 0 aliphatic heterocycles. The lowest BCUT2D eigenvalue weighted by Crippen LogP contribution is -2.37. The number of aromatic hydroxyl groups is 1. The molecule has 3 heteroatoms. The number of hydrazone groups is 1. The third-order valence-corrected chi connectivity index (χ3v) is 10.3. The van der Waals surface area contributed by atoms with Crippen LogP contribution in [0.5, 0.6) is 5.75 Å². The maximum atomic E-state index is 11.2. The zero-order valence-electron chi connectivity index (χ0n) is 20.6. The van der Waals surface area contributed by atoms with E-state index in [0.29, 0.717) is 17.6 Å². The lowest BCUT2D eigenvalue weighted by atomic mass is 9.59. The summed E-state index contributed by atoms with van der Waals surface area (Å²) in [6.07, 6.45) is 16.3. The second-order valence-corrected chi connectivity index (χ2v) is 12.5. The molecule has 4 aliphatic carbocycles. The molecule has 0 saturated heterocycles. The Morgan fingerprint density at radius 1 is 0.969 bits per heavy atom. The summed E-state index contributed by atoms with van der Waals surface area (Å²) in [7, 11) is 0. The lowest BCUT2D eigenvalue weighted by Gasteiger charge is -2.46. The molecule has 4 aliphatic rings. The van der Waals surface area contributed by atoms with Crippen LogP contribution >= 0.6 is 0 Å². The van der Waals surface area contributed by atoms with Gasteiger partial charge in [0.2, 0.25) is 0 Å². The Balaban J connectivity index is 1.47. The molecule has 176 valence electrons. The van der Waals surface area contributed by atoms with Gasteiger partial charge in [-0.25, -0.2) is 0 Å². The molecule has 4 unspecified atom stereocenters. The number of nitrogens with zero attached hydrogens (tertiary/aromatic N) is 1. The van der Waals surface area contributed by atoms with Gasteiger partial charge in [-0.05, 0) is 110 Å². The fourth-order valence-electron chi connectivity index (χ4n) is 8.54. The van der Waals surface area contributed by atoms with Crippen LogP contribution in [0.2, 0.25) is 0 Å². The second kappa shape index (κ2) is 8.37. The van der Waals surface area contributed by atoms with E-state index in [-0.39, 0.29) is 10.8 Å². The number of aryl methyl sites for hydroxylation is 1. The summed E-state index contributed by atoms with van der Waals surface area (Å²) in [6.45, 7) is 7.28. The van der Waals surface area contributed by atoms with E-state index < -0.39 is 0 Å². The fourth-order valence-corrected chi connectivity index (χ4v) is 8.54. The van der Waals surface area contributed by atoms with Gasteiger partial charge in [0, 0.05) is 16.7 Å². The highest BCUT2D eigenvalue weighted by molar-refractivity contribution is 5.92. The molecule has 0 radical (unpaired) electrons. The number of phenolic OH excluding ortho intramolecular Hbond substituents is 1. The molecule has 3 saturated carbocycles. The summed E-state index contributed by atoms with van der Waals surface area (Å²) in [5, 5.41) is 15.5. The molecule has 1 aromatic carbocycles. The van der Waals surface area contributed by atoms with Crippen LogP contribution in [-0.2, 0) is 11.8 Å². The van der Waals surface area contributed by atoms with E-state index >= 15 is 0 Å². The minimum Gasteiger partial charge on any atom is -0.508 e. The van der Waals surface area contributed by atoms with Crippen molar-refractivity contribution in [3.63, 3.8) is 0 Å². The third kappa shape index (κ3) is 3.78. The zero-order chi connectivity index (χ0) is 22.5. The molecule has 5 atom stereocenters. The average Bonchev–Trinajstić information content (AvgIpc) is 3.07. The molecular formula is C29H44N2O. The first-order valence-electron chi connectivity index (χ1n) is 13.5. The normalized spacial score (nSPS) is 41.2. The number of hydrogen-bond donors (Lipinski definition) is 2. The van der Waals surface area contributed by atoms with Gasteiger partial charge >= 0.3 is 0 Å². The number of hydrogen-bond acceptors (Lipinski definition) is 3. The van der Waals surface area contributed by atoms with Crippen molar-refractivity contribution in [2.24, 2.45) is 34.1 Å². The van der Waals surface area contributed by atoms with Gasteiger partial charge in [0.25, 0.3) is 0 Å². The van der Waals surface area contributed by atoms with E-state index in [1.165, 1.54) is 93.0 Å². The zero-order valence-corrected chi connectivity index (χ0v) is 20.6. The van der Waals surface area contributed by atoms with Gasteiger partial charge in [0.05, 0.1) is 0 Å². The van der Waals surface area contributed by atoms with Crippen molar-refractivity contribution in [3.8, 4) is 5.75 Å². The number of nitrogens with two attached hydrogens (primary N) is 1. The minimum absolute atomic E-state index is 0.129. The first-order chi connectivity index (χ1) is 15.3. The monoisotopic (exact) mass is 436 g/mol. The number of phenols is 1. The van der Waals surface area contributed by atoms with Crippen LogP contribution < -0.4 is 5.84 Å². The molecule has 0 spiro atoms. The Hall–Kier alpha value is -1.51. The molecular weight excluding hydrogens is 392 g/mol. The van der Waals surface area contributed by atoms with Gasteiger partial charge in [-0.1, -0.05) is 46.1 Å². The summed E-state index contributed by atoms with van der Waals surface area (Å²) < 4.78 is 0. The Kier molecular flexibility index (Phi) is 5.83. The predicted molar refractivity (Wildman–Crippen MR) is 133 cm³/mol. The van der Waals surface area contributed by atoms with Crippen LogP contribution in [-0.4, -0.2) is 10.8 Å². The quantitative estimate of drug-likeness (QED) is 0.361. The SMILES string of the molecule is CC1CC[C@]2(C)/C(=N/N)CCC2CCCc2cc(O)c(C3(C)CC4CCCC(C4)C3)cc21. The van der Waals surface area contributed by atoms with E-state index in [4.69, 9.17) is 5.84 Å². The van der Waals surface area contributed by atoms with Crippen molar-refractivity contribution in [2.75, 3.05) is 0 Å².